The molecule has 3 aromatic carbocycles. The summed E-state index contributed by atoms with van der Waals surface area (Å²) in [4.78, 5) is 16.5. The van der Waals surface area contributed by atoms with Crippen LogP contribution in [0.2, 0.25) is 0 Å². The summed E-state index contributed by atoms with van der Waals surface area (Å²) in [6.45, 7) is 0.936. The highest BCUT2D eigenvalue weighted by molar-refractivity contribution is 5.94. The first-order valence-electron chi connectivity index (χ1n) is 9.82. The van der Waals surface area contributed by atoms with Gasteiger partial charge in [-0.15, -0.1) is 0 Å². The van der Waals surface area contributed by atoms with Crippen LogP contribution < -0.4 is 10.1 Å². The van der Waals surface area contributed by atoms with Gasteiger partial charge in [0.2, 0.25) is 0 Å². The fourth-order valence-electron chi connectivity index (χ4n) is 3.08. The summed E-state index contributed by atoms with van der Waals surface area (Å²) < 4.78 is 5.76. The van der Waals surface area contributed by atoms with E-state index in [0.717, 1.165) is 28.0 Å². The van der Waals surface area contributed by atoms with Crippen LogP contribution in [0.4, 0.5) is 0 Å². The highest BCUT2D eigenvalue weighted by atomic mass is 16.5. The van der Waals surface area contributed by atoms with Crippen molar-refractivity contribution >= 4 is 5.91 Å². The maximum Gasteiger partial charge on any atom is 0.251 e. The quantitative estimate of drug-likeness (QED) is 0.465. The number of pyridine rings is 1. The number of rotatable bonds is 7. The van der Waals surface area contributed by atoms with Gasteiger partial charge >= 0.3 is 0 Å². The van der Waals surface area contributed by atoms with Gasteiger partial charge in [0.05, 0.1) is 0 Å². The molecule has 30 heavy (non-hydrogen) atoms. The second kappa shape index (κ2) is 9.52. The molecule has 0 aliphatic rings. The third-order valence-electron chi connectivity index (χ3n) is 4.76. The monoisotopic (exact) mass is 394 g/mol. The largest absolute Gasteiger partial charge is 0.489 e. The number of hydrogen-bond donors (Lipinski definition) is 1. The lowest BCUT2D eigenvalue weighted by atomic mass is 10.0. The second-order valence-electron chi connectivity index (χ2n) is 6.92. The number of nitrogens with one attached hydrogen (secondary N) is 1. The number of amides is 1. The zero-order valence-electron chi connectivity index (χ0n) is 16.5. The van der Waals surface area contributed by atoms with Crippen molar-refractivity contribution in [2.75, 3.05) is 0 Å². The maximum absolute atomic E-state index is 12.5. The van der Waals surface area contributed by atoms with E-state index in [1.54, 1.807) is 12.4 Å². The Bertz CT molecular complexity index is 1080. The van der Waals surface area contributed by atoms with Crippen LogP contribution in [0.3, 0.4) is 0 Å². The second-order valence-corrected chi connectivity index (χ2v) is 6.92. The number of ether oxygens (including phenoxy) is 1. The summed E-state index contributed by atoms with van der Waals surface area (Å²) in [6.07, 6.45) is 3.53. The van der Waals surface area contributed by atoms with E-state index >= 15 is 0 Å². The molecule has 0 bridgehead atoms. The van der Waals surface area contributed by atoms with E-state index in [1.807, 2.05) is 78.9 Å². The van der Waals surface area contributed by atoms with Gasteiger partial charge in [-0.05, 0) is 47.0 Å². The molecule has 0 saturated carbocycles. The average Bonchev–Trinajstić information content (AvgIpc) is 2.83. The molecular formula is C26H22N2O2. The lowest BCUT2D eigenvalue weighted by Gasteiger charge is -2.09. The zero-order chi connectivity index (χ0) is 20.6. The van der Waals surface area contributed by atoms with Crippen molar-refractivity contribution in [1.29, 1.82) is 0 Å². The number of benzene rings is 3. The van der Waals surface area contributed by atoms with Crippen molar-refractivity contribution in [3.63, 3.8) is 0 Å². The average molecular weight is 394 g/mol. The molecule has 0 aliphatic heterocycles. The summed E-state index contributed by atoms with van der Waals surface area (Å²) in [7, 11) is 0. The minimum atomic E-state index is -0.0912. The van der Waals surface area contributed by atoms with Gasteiger partial charge < -0.3 is 10.1 Å². The fraction of sp³-hybridized carbons (Fsp3) is 0.0769. The van der Waals surface area contributed by atoms with Crippen molar-refractivity contribution in [1.82, 2.24) is 10.3 Å². The van der Waals surface area contributed by atoms with Gasteiger partial charge in [0.1, 0.15) is 12.4 Å². The zero-order valence-corrected chi connectivity index (χ0v) is 16.5. The predicted molar refractivity (Wildman–Crippen MR) is 118 cm³/mol. The Morgan fingerprint density at radius 1 is 0.767 bits per heavy atom. The van der Waals surface area contributed by atoms with Crippen LogP contribution in [0.5, 0.6) is 5.75 Å². The third-order valence-corrected chi connectivity index (χ3v) is 4.76. The van der Waals surface area contributed by atoms with E-state index in [0.29, 0.717) is 18.7 Å². The SMILES string of the molecule is O=C(NCc1ccc(OCc2cccnc2)cc1)c1ccc(-c2ccccc2)cc1. The summed E-state index contributed by atoms with van der Waals surface area (Å²) in [6, 6.07) is 29.4. The van der Waals surface area contributed by atoms with Crippen LogP contribution in [-0.4, -0.2) is 10.9 Å². The van der Waals surface area contributed by atoms with Crippen molar-refractivity contribution < 1.29 is 9.53 Å². The van der Waals surface area contributed by atoms with Crippen molar-refractivity contribution in [3.05, 3.63) is 120 Å². The van der Waals surface area contributed by atoms with Crippen molar-refractivity contribution in [2.45, 2.75) is 13.2 Å². The molecule has 0 spiro atoms. The van der Waals surface area contributed by atoms with E-state index in [9.17, 15) is 4.79 Å². The molecule has 1 N–H and O–H groups in total. The minimum Gasteiger partial charge on any atom is -0.489 e. The number of carbonyl (C=O) groups excluding carboxylic acids is 1. The molecular weight excluding hydrogens is 372 g/mol. The Balaban J connectivity index is 1.29. The first kappa shape index (κ1) is 19.4. The molecule has 4 rings (SSSR count). The van der Waals surface area contributed by atoms with Gasteiger partial charge in [0.15, 0.2) is 0 Å². The van der Waals surface area contributed by atoms with Gasteiger partial charge in [-0.3, -0.25) is 9.78 Å². The van der Waals surface area contributed by atoms with Crippen molar-refractivity contribution in [2.24, 2.45) is 0 Å². The van der Waals surface area contributed by atoms with Crippen LogP contribution in [-0.2, 0) is 13.2 Å². The molecule has 0 radical (unpaired) electrons. The molecule has 1 heterocycles. The molecule has 0 atom stereocenters. The summed E-state index contributed by atoms with van der Waals surface area (Å²) in [5.74, 6) is 0.692. The number of hydrogen-bond acceptors (Lipinski definition) is 3. The highest BCUT2D eigenvalue weighted by Crippen LogP contribution is 2.19. The number of aromatic nitrogens is 1. The first-order chi connectivity index (χ1) is 14.8. The highest BCUT2D eigenvalue weighted by Gasteiger charge is 2.06. The van der Waals surface area contributed by atoms with Crippen LogP contribution in [0.25, 0.3) is 11.1 Å². The van der Waals surface area contributed by atoms with E-state index in [1.165, 1.54) is 0 Å². The third kappa shape index (κ3) is 5.11. The Kier molecular flexibility index (Phi) is 6.16. The maximum atomic E-state index is 12.5. The molecule has 4 heteroatoms. The molecule has 148 valence electrons. The molecule has 1 aromatic heterocycles. The molecule has 4 aromatic rings. The molecule has 4 nitrogen and oxygen atoms in total. The van der Waals surface area contributed by atoms with Gasteiger partial charge in [0.25, 0.3) is 5.91 Å². The number of carbonyl (C=O) groups is 1. The summed E-state index contributed by atoms with van der Waals surface area (Å²) in [5, 5.41) is 2.96. The van der Waals surface area contributed by atoms with E-state index in [2.05, 4.69) is 22.4 Å². The molecule has 0 aliphatic carbocycles. The van der Waals surface area contributed by atoms with Crippen LogP contribution in [0.15, 0.2) is 103 Å². The van der Waals surface area contributed by atoms with E-state index < -0.39 is 0 Å². The van der Waals surface area contributed by atoms with E-state index in [-0.39, 0.29) is 5.91 Å². The fourth-order valence-corrected chi connectivity index (χ4v) is 3.08. The number of nitrogens with zero attached hydrogens (tertiary/aromatic N) is 1. The van der Waals surface area contributed by atoms with Crippen molar-refractivity contribution in [3.8, 4) is 16.9 Å². The Labute approximate surface area is 176 Å². The van der Waals surface area contributed by atoms with Crippen LogP contribution in [0.1, 0.15) is 21.5 Å². The lowest BCUT2D eigenvalue weighted by molar-refractivity contribution is 0.0951. The van der Waals surface area contributed by atoms with Crippen LogP contribution >= 0.6 is 0 Å². The molecule has 1 amide bonds. The van der Waals surface area contributed by atoms with Gasteiger partial charge in [-0.25, -0.2) is 0 Å². The normalized spacial score (nSPS) is 10.4. The Hall–Kier alpha value is -3.92. The molecule has 0 unspecified atom stereocenters. The smallest absolute Gasteiger partial charge is 0.251 e. The standard InChI is InChI=1S/C26H22N2O2/c29-26(24-12-10-23(11-13-24)22-6-2-1-3-7-22)28-18-20-8-14-25(15-9-20)30-19-21-5-4-16-27-17-21/h1-17H,18-19H2,(H,28,29). The van der Waals surface area contributed by atoms with E-state index in [4.69, 9.17) is 4.74 Å². The van der Waals surface area contributed by atoms with Gasteiger partial charge in [0, 0.05) is 30.1 Å². The Morgan fingerprint density at radius 2 is 1.50 bits per heavy atom. The summed E-state index contributed by atoms with van der Waals surface area (Å²) in [5.41, 5.74) is 4.90. The molecule has 0 saturated heterocycles. The minimum absolute atomic E-state index is 0.0912. The van der Waals surface area contributed by atoms with Gasteiger partial charge in [-0.2, -0.15) is 0 Å². The van der Waals surface area contributed by atoms with Crippen LogP contribution in [0, 0.1) is 0 Å². The predicted octanol–water partition coefficient (Wildman–Crippen LogP) is 5.26. The summed E-state index contributed by atoms with van der Waals surface area (Å²) >= 11 is 0. The van der Waals surface area contributed by atoms with Gasteiger partial charge in [-0.1, -0.05) is 60.7 Å². The topological polar surface area (TPSA) is 51.2 Å². The lowest BCUT2D eigenvalue weighted by Crippen LogP contribution is -2.22. The Morgan fingerprint density at radius 3 is 2.20 bits per heavy atom. The molecule has 0 fully saturated rings. The first-order valence-corrected chi connectivity index (χ1v) is 9.82.